The lowest BCUT2D eigenvalue weighted by Gasteiger charge is -2.19. The van der Waals surface area contributed by atoms with Gasteiger partial charge in [-0.3, -0.25) is 9.78 Å². The third kappa shape index (κ3) is 3.14. The molecule has 1 aromatic heterocycles. The third-order valence-corrected chi connectivity index (χ3v) is 3.90. The van der Waals surface area contributed by atoms with Gasteiger partial charge in [0.05, 0.1) is 5.56 Å². The molecule has 0 spiro atoms. The number of pyridine rings is 1. The Bertz CT molecular complexity index is 687. The minimum absolute atomic E-state index is 0.136. The summed E-state index contributed by atoms with van der Waals surface area (Å²) in [5, 5.41) is 6.12. The Kier molecular flexibility index (Phi) is 4.44. The van der Waals surface area contributed by atoms with Crippen molar-refractivity contribution < 1.29 is 9.18 Å². The second-order valence-electron chi connectivity index (χ2n) is 5.35. The van der Waals surface area contributed by atoms with Crippen LogP contribution in [0.15, 0.2) is 36.7 Å². The van der Waals surface area contributed by atoms with Gasteiger partial charge in [0.1, 0.15) is 5.82 Å². The van der Waals surface area contributed by atoms with Gasteiger partial charge < -0.3 is 10.6 Å². The van der Waals surface area contributed by atoms with Crippen LogP contribution >= 0.6 is 0 Å². The highest BCUT2D eigenvalue weighted by Gasteiger charge is 2.17. The lowest BCUT2D eigenvalue weighted by Crippen LogP contribution is -2.30. The summed E-state index contributed by atoms with van der Waals surface area (Å²) in [6.07, 6.45) is 4.72. The molecule has 0 saturated carbocycles. The topological polar surface area (TPSA) is 54.0 Å². The number of nitrogens with one attached hydrogen (secondary N) is 2. The molecule has 1 aromatic carbocycles. The highest BCUT2D eigenvalue weighted by molar-refractivity contribution is 5.95. The highest BCUT2D eigenvalue weighted by atomic mass is 19.1. The van der Waals surface area contributed by atoms with Crippen LogP contribution < -0.4 is 10.6 Å². The number of hydrogen-bond acceptors (Lipinski definition) is 3. The molecule has 1 aliphatic heterocycles. The fourth-order valence-corrected chi connectivity index (χ4v) is 2.72. The molecule has 1 amide bonds. The summed E-state index contributed by atoms with van der Waals surface area (Å²) in [5.74, 6) is -0.371. The fourth-order valence-electron chi connectivity index (χ4n) is 2.72. The fraction of sp³-hybridized carbons (Fsp3) is 0.294. The van der Waals surface area contributed by atoms with E-state index in [0.717, 1.165) is 30.6 Å². The standard InChI is InChI=1S/C17H18FN3O/c18-16-4-2-1-3-12(16)5-8-21-17(22)15-11-20-10-13-9-19-7-6-14(13)15/h1-4,10-11,19H,5-9H2,(H,21,22). The lowest BCUT2D eigenvalue weighted by molar-refractivity contribution is 0.0952. The monoisotopic (exact) mass is 299 g/mol. The van der Waals surface area contributed by atoms with E-state index in [1.54, 1.807) is 30.6 Å². The Morgan fingerprint density at radius 3 is 3.05 bits per heavy atom. The average Bonchev–Trinajstić information content (AvgIpc) is 2.56. The Labute approximate surface area is 128 Å². The van der Waals surface area contributed by atoms with Crippen molar-refractivity contribution >= 4 is 5.91 Å². The zero-order valence-electron chi connectivity index (χ0n) is 12.2. The minimum Gasteiger partial charge on any atom is -0.352 e. The molecular formula is C17H18FN3O. The van der Waals surface area contributed by atoms with E-state index in [1.165, 1.54) is 6.07 Å². The molecule has 0 radical (unpaired) electrons. The van der Waals surface area contributed by atoms with Gasteiger partial charge in [-0.15, -0.1) is 0 Å². The van der Waals surface area contributed by atoms with E-state index in [4.69, 9.17) is 0 Å². The van der Waals surface area contributed by atoms with Crippen molar-refractivity contribution in [1.82, 2.24) is 15.6 Å². The van der Waals surface area contributed by atoms with Crippen molar-refractivity contribution in [2.75, 3.05) is 13.1 Å². The third-order valence-electron chi connectivity index (χ3n) is 3.90. The number of halogens is 1. The van der Waals surface area contributed by atoms with Crippen molar-refractivity contribution in [3.63, 3.8) is 0 Å². The molecule has 5 heteroatoms. The quantitative estimate of drug-likeness (QED) is 0.906. The van der Waals surface area contributed by atoms with Crippen LogP contribution in [-0.2, 0) is 19.4 Å². The molecule has 4 nitrogen and oxygen atoms in total. The van der Waals surface area contributed by atoms with Crippen molar-refractivity contribution in [2.24, 2.45) is 0 Å². The average molecular weight is 299 g/mol. The van der Waals surface area contributed by atoms with Crippen molar-refractivity contribution in [3.05, 3.63) is 64.7 Å². The second-order valence-corrected chi connectivity index (χ2v) is 5.35. The van der Waals surface area contributed by atoms with Gasteiger partial charge in [0.15, 0.2) is 0 Å². The van der Waals surface area contributed by atoms with Crippen LogP contribution in [0.5, 0.6) is 0 Å². The summed E-state index contributed by atoms with van der Waals surface area (Å²) in [5.41, 5.74) is 3.39. The summed E-state index contributed by atoms with van der Waals surface area (Å²) >= 11 is 0. The molecule has 0 aliphatic carbocycles. The van der Waals surface area contributed by atoms with E-state index in [0.29, 0.717) is 24.1 Å². The molecular weight excluding hydrogens is 281 g/mol. The predicted molar refractivity (Wildman–Crippen MR) is 82.1 cm³/mol. The molecule has 22 heavy (non-hydrogen) atoms. The minimum atomic E-state index is -0.235. The van der Waals surface area contributed by atoms with E-state index in [9.17, 15) is 9.18 Å². The zero-order valence-corrected chi connectivity index (χ0v) is 12.2. The van der Waals surface area contributed by atoms with E-state index >= 15 is 0 Å². The van der Waals surface area contributed by atoms with E-state index < -0.39 is 0 Å². The van der Waals surface area contributed by atoms with Crippen LogP contribution in [0.25, 0.3) is 0 Å². The first-order valence-corrected chi connectivity index (χ1v) is 7.44. The largest absolute Gasteiger partial charge is 0.352 e. The molecule has 0 unspecified atom stereocenters. The number of amides is 1. The van der Waals surface area contributed by atoms with Gasteiger partial charge in [-0.2, -0.15) is 0 Å². The Morgan fingerprint density at radius 2 is 2.18 bits per heavy atom. The molecule has 3 rings (SSSR count). The van der Waals surface area contributed by atoms with Crippen LogP contribution in [0, 0.1) is 5.82 Å². The first-order valence-electron chi connectivity index (χ1n) is 7.44. The zero-order chi connectivity index (χ0) is 15.4. The maximum atomic E-state index is 13.5. The molecule has 0 bridgehead atoms. The van der Waals surface area contributed by atoms with Crippen molar-refractivity contribution in [2.45, 2.75) is 19.4 Å². The maximum Gasteiger partial charge on any atom is 0.253 e. The number of carbonyl (C=O) groups is 1. The number of benzene rings is 1. The van der Waals surface area contributed by atoms with E-state index in [2.05, 4.69) is 15.6 Å². The number of fused-ring (bicyclic) bond motifs is 1. The second kappa shape index (κ2) is 6.66. The Balaban J connectivity index is 1.64. The number of hydrogen-bond donors (Lipinski definition) is 2. The Hall–Kier alpha value is -2.27. The molecule has 0 fully saturated rings. The van der Waals surface area contributed by atoms with Crippen LogP contribution in [0.1, 0.15) is 27.0 Å². The summed E-state index contributed by atoms with van der Waals surface area (Å²) in [6.45, 7) is 2.02. The first-order chi connectivity index (χ1) is 10.8. The first kappa shape index (κ1) is 14.7. The molecule has 0 saturated heterocycles. The molecule has 114 valence electrons. The molecule has 2 heterocycles. The summed E-state index contributed by atoms with van der Waals surface area (Å²) < 4.78 is 13.5. The molecule has 2 aromatic rings. The molecule has 1 aliphatic rings. The van der Waals surface area contributed by atoms with Crippen molar-refractivity contribution in [1.29, 1.82) is 0 Å². The number of nitrogens with zero attached hydrogens (tertiary/aromatic N) is 1. The van der Waals surface area contributed by atoms with Crippen molar-refractivity contribution in [3.8, 4) is 0 Å². The SMILES string of the molecule is O=C(NCCc1ccccc1F)c1cncc2c1CCNC2. The molecule has 0 atom stereocenters. The van der Waals surface area contributed by atoms with Crippen LogP contribution in [-0.4, -0.2) is 24.0 Å². The van der Waals surface area contributed by atoms with Gasteiger partial charge in [0.2, 0.25) is 0 Å². The lowest BCUT2D eigenvalue weighted by atomic mass is 9.98. The predicted octanol–water partition coefficient (Wildman–Crippen LogP) is 1.84. The van der Waals surface area contributed by atoms with Crippen LogP contribution in [0.2, 0.25) is 0 Å². The van der Waals surface area contributed by atoms with E-state index in [1.807, 2.05) is 0 Å². The number of carbonyl (C=O) groups excluding carboxylic acids is 1. The number of aromatic nitrogens is 1. The van der Waals surface area contributed by atoms with Gasteiger partial charge >= 0.3 is 0 Å². The summed E-state index contributed by atoms with van der Waals surface area (Å²) in [7, 11) is 0. The Morgan fingerprint density at radius 1 is 1.32 bits per heavy atom. The normalized spacial score (nSPS) is 13.5. The van der Waals surface area contributed by atoms with E-state index in [-0.39, 0.29) is 11.7 Å². The van der Waals surface area contributed by atoms with Gasteiger partial charge in [0, 0.05) is 25.5 Å². The smallest absolute Gasteiger partial charge is 0.253 e. The van der Waals surface area contributed by atoms with Crippen LogP contribution in [0.3, 0.4) is 0 Å². The van der Waals surface area contributed by atoms with Gasteiger partial charge in [-0.1, -0.05) is 18.2 Å². The number of rotatable bonds is 4. The molecule has 2 N–H and O–H groups in total. The van der Waals surface area contributed by atoms with Gasteiger partial charge in [0.25, 0.3) is 5.91 Å². The van der Waals surface area contributed by atoms with Gasteiger partial charge in [-0.05, 0) is 42.1 Å². The highest BCUT2D eigenvalue weighted by Crippen LogP contribution is 2.17. The van der Waals surface area contributed by atoms with Gasteiger partial charge in [-0.25, -0.2) is 4.39 Å². The summed E-state index contributed by atoms with van der Waals surface area (Å²) in [6, 6.07) is 6.62. The van der Waals surface area contributed by atoms with Crippen LogP contribution in [0.4, 0.5) is 4.39 Å². The maximum absolute atomic E-state index is 13.5. The summed E-state index contributed by atoms with van der Waals surface area (Å²) in [4.78, 5) is 16.5.